The average Bonchev–Trinajstić information content (AvgIpc) is 2.17. The highest BCUT2D eigenvalue weighted by Gasteiger charge is 2.28. The first kappa shape index (κ1) is 9.19. The molecule has 1 fully saturated rings. The molecule has 3 nitrogen and oxygen atoms in total. The quantitative estimate of drug-likeness (QED) is 0.624. The lowest BCUT2D eigenvalue weighted by Gasteiger charge is -2.33. The average molecular weight is 183 g/mol. The molecule has 0 aromatic carbocycles. The Balaban J connectivity index is 1.69. The van der Waals surface area contributed by atoms with Crippen LogP contribution in [0, 0.1) is 0 Å². The molecule has 1 saturated carbocycles. The van der Waals surface area contributed by atoms with Gasteiger partial charge in [-0.2, -0.15) is 0 Å². The number of nitrogens with one attached hydrogen (secondary N) is 1. The molecule has 74 valence electrons. The molecular weight excluding hydrogens is 166 g/mol. The zero-order chi connectivity index (χ0) is 9.10. The maximum atomic E-state index is 9.32. The summed E-state index contributed by atoms with van der Waals surface area (Å²) in [5.74, 6) is 0. The molecule has 0 bridgehead atoms. The number of rotatable bonds is 3. The SMILES string of the molecule is O[C@@H]1CC[C@H]1NCC1=CCCOC1. The van der Waals surface area contributed by atoms with Gasteiger partial charge in [0.05, 0.1) is 19.3 Å². The van der Waals surface area contributed by atoms with Crippen LogP contribution >= 0.6 is 0 Å². The van der Waals surface area contributed by atoms with E-state index >= 15 is 0 Å². The standard InChI is InChI=1S/C10H17NO2/c12-10-4-3-9(10)11-6-8-2-1-5-13-7-8/h2,9-12H,1,3-7H2/t9-,10-/m1/s1. The maximum absolute atomic E-state index is 9.32. The van der Waals surface area contributed by atoms with Crippen molar-refractivity contribution in [1.82, 2.24) is 5.32 Å². The van der Waals surface area contributed by atoms with E-state index in [-0.39, 0.29) is 6.10 Å². The highest BCUT2D eigenvalue weighted by molar-refractivity contribution is 5.07. The fourth-order valence-electron chi connectivity index (χ4n) is 1.71. The van der Waals surface area contributed by atoms with Crippen molar-refractivity contribution in [3.63, 3.8) is 0 Å². The molecule has 0 amide bonds. The molecule has 13 heavy (non-hydrogen) atoms. The van der Waals surface area contributed by atoms with Crippen molar-refractivity contribution < 1.29 is 9.84 Å². The van der Waals surface area contributed by atoms with Crippen LogP contribution in [0.1, 0.15) is 19.3 Å². The Bertz CT molecular complexity index is 203. The number of aliphatic hydroxyl groups is 1. The topological polar surface area (TPSA) is 41.5 Å². The highest BCUT2D eigenvalue weighted by atomic mass is 16.5. The minimum Gasteiger partial charge on any atom is -0.392 e. The van der Waals surface area contributed by atoms with E-state index in [1.807, 2.05) is 0 Å². The third-order valence-corrected chi connectivity index (χ3v) is 2.81. The molecule has 0 aromatic heterocycles. The minimum atomic E-state index is -0.120. The molecule has 1 aliphatic heterocycles. The van der Waals surface area contributed by atoms with E-state index < -0.39 is 0 Å². The van der Waals surface area contributed by atoms with Gasteiger partial charge in [0.25, 0.3) is 0 Å². The van der Waals surface area contributed by atoms with Crippen LogP contribution in [-0.2, 0) is 4.74 Å². The molecular formula is C10H17NO2. The molecule has 0 radical (unpaired) electrons. The fourth-order valence-corrected chi connectivity index (χ4v) is 1.71. The molecule has 2 N–H and O–H groups in total. The fraction of sp³-hybridized carbons (Fsp3) is 0.800. The molecule has 1 aliphatic carbocycles. The van der Waals surface area contributed by atoms with Crippen LogP contribution in [0.4, 0.5) is 0 Å². The van der Waals surface area contributed by atoms with E-state index in [4.69, 9.17) is 4.74 Å². The molecule has 3 heteroatoms. The number of hydrogen-bond acceptors (Lipinski definition) is 3. The Hall–Kier alpha value is -0.380. The monoisotopic (exact) mass is 183 g/mol. The predicted octanol–water partition coefficient (Wildman–Crippen LogP) is 0.446. The summed E-state index contributed by atoms with van der Waals surface area (Å²) in [6.07, 6.45) is 5.21. The van der Waals surface area contributed by atoms with Gasteiger partial charge in [-0.05, 0) is 24.8 Å². The Morgan fingerprint density at radius 2 is 2.46 bits per heavy atom. The predicted molar refractivity (Wildman–Crippen MR) is 50.6 cm³/mol. The summed E-state index contributed by atoms with van der Waals surface area (Å²) in [4.78, 5) is 0. The van der Waals surface area contributed by atoms with Crippen LogP contribution in [0.2, 0.25) is 0 Å². The first-order valence-corrected chi connectivity index (χ1v) is 5.03. The molecule has 0 unspecified atom stereocenters. The van der Waals surface area contributed by atoms with Crippen molar-refractivity contribution in [1.29, 1.82) is 0 Å². The van der Waals surface area contributed by atoms with Gasteiger partial charge in [-0.3, -0.25) is 0 Å². The maximum Gasteiger partial charge on any atom is 0.0693 e. The Labute approximate surface area is 78.8 Å². The summed E-state index contributed by atoms with van der Waals surface area (Å²) >= 11 is 0. The molecule has 0 saturated heterocycles. The van der Waals surface area contributed by atoms with Gasteiger partial charge in [-0.25, -0.2) is 0 Å². The van der Waals surface area contributed by atoms with Gasteiger partial charge in [0.1, 0.15) is 0 Å². The summed E-state index contributed by atoms with van der Waals surface area (Å²) < 4.78 is 5.32. The van der Waals surface area contributed by atoms with E-state index in [9.17, 15) is 5.11 Å². The first-order chi connectivity index (χ1) is 6.36. The Morgan fingerprint density at radius 1 is 1.54 bits per heavy atom. The van der Waals surface area contributed by atoms with Crippen molar-refractivity contribution in [3.8, 4) is 0 Å². The molecule has 2 atom stereocenters. The Morgan fingerprint density at radius 3 is 3.00 bits per heavy atom. The van der Waals surface area contributed by atoms with Gasteiger partial charge < -0.3 is 15.2 Å². The number of aliphatic hydroxyl groups excluding tert-OH is 1. The summed E-state index contributed by atoms with van der Waals surface area (Å²) in [5, 5.41) is 12.7. The van der Waals surface area contributed by atoms with Crippen LogP contribution < -0.4 is 5.32 Å². The van der Waals surface area contributed by atoms with E-state index in [1.165, 1.54) is 5.57 Å². The normalized spacial score (nSPS) is 33.8. The van der Waals surface area contributed by atoms with Crippen molar-refractivity contribution in [2.24, 2.45) is 0 Å². The molecule has 0 aromatic rings. The van der Waals surface area contributed by atoms with Crippen LogP contribution in [0.15, 0.2) is 11.6 Å². The van der Waals surface area contributed by atoms with Gasteiger partial charge in [0.15, 0.2) is 0 Å². The van der Waals surface area contributed by atoms with Crippen LogP contribution in [0.5, 0.6) is 0 Å². The lowest BCUT2D eigenvalue weighted by Crippen LogP contribution is -2.48. The van der Waals surface area contributed by atoms with Gasteiger partial charge >= 0.3 is 0 Å². The lowest BCUT2D eigenvalue weighted by atomic mass is 9.89. The van der Waals surface area contributed by atoms with Crippen molar-refractivity contribution in [3.05, 3.63) is 11.6 Å². The van der Waals surface area contributed by atoms with E-state index in [2.05, 4.69) is 11.4 Å². The van der Waals surface area contributed by atoms with E-state index in [0.717, 1.165) is 39.0 Å². The van der Waals surface area contributed by atoms with E-state index in [1.54, 1.807) is 0 Å². The molecule has 0 spiro atoms. The van der Waals surface area contributed by atoms with Crippen molar-refractivity contribution in [2.75, 3.05) is 19.8 Å². The summed E-state index contributed by atoms with van der Waals surface area (Å²) in [6.45, 7) is 2.49. The van der Waals surface area contributed by atoms with Crippen LogP contribution in [-0.4, -0.2) is 37.0 Å². The number of ether oxygens (including phenoxy) is 1. The minimum absolute atomic E-state index is 0.120. The lowest BCUT2D eigenvalue weighted by molar-refractivity contribution is 0.0506. The van der Waals surface area contributed by atoms with Crippen molar-refractivity contribution >= 4 is 0 Å². The second-order valence-corrected chi connectivity index (χ2v) is 3.84. The summed E-state index contributed by atoms with van der Waals surface area (Å²) in [5.41, 5.74) is 1.32. The zero-order valence-corrected chi connectivity index (χ0v) is 7.83. The van der Waals surface area contributed by atoms with Gasteiger partial charge in [0, 0.05) is 12.6 Å². The highest BCUT2D eigenvalue weighted by Crippen LogP contribution is 2.19. The number of hydrogen-bond donors (Lipinski definition) is 2. The zero-order valence-electron chi connectivity index (χ0n) is 7.83. The smallest absolute Gasteiger partial charge is 0.0693 e. The largest absolute Gasteiger partial charge is 0.392 e. The van der Waals surface area contributed by atoms with Crippen LogP contribution in [0.25, 0.3) is 0 Å². The second-order valence-electron chi connectivity index (χ2n) is 3.84. The van der Waals surface area contributed by atoms with Gasteiger partial charge in [-0.15, -0.1) is 0 Å². The third kappa shape index (κ3) is 2.30. The summed E-state index contributed by atoms with van der Waals surface area (Å²) in [7, 11) is 0. The molecule has 1 heterocycles. The van der Waals surface area contributed by atoms with Gasteiger partial charge in [-0.1, -0.05) is 6.08 Å². The summed E-state index contributed by atoms with van der Waals surface area (Å²) in [6, 6.07) is 0.322. The molecule has 2 aliphatic rings. The van der Waals surface area contributed by atoms with E-state index in [0.29, 0.717) is 6.04 Å². The third-order valence-electron chi connectivity index (χ3n) is 2.81. The van der Waals surface area contributed by atoms with Crippen LogP contribution in [0.3, 0.4) is 0 Å². The Kier molecular flexibility index (Phi) is 2.98. The second kappa shape index (κ2) is 4.22. The van der Waals surface area contributed by atoms with Crippen molar-refractivity contribution in [2.45, 2.75) is 31.4 Å². The first-order valence-electron chi connectivity index (χ1n) is 5.03. The van der Waals surface area contributed by atoms with Gasteiger partial charge in [0.2, 0.25) is 0 Å². The molecule has 2 rings (SSSR count).